The van der Waals surface area contributed by atoms with Crippen molar-refractivity contribution in [3.05, 3.63) is 22.4 Å². The van der Waals surface area contributed by atoms with Gasteiger partial charge in [0.05, 0.1) is 5.75 Å². The van der Waals surface area contributed by atoms with Crippen molar-refractivity contribution in [2.75, 3.05) is 18.1 Å². The van der Waals surface area contributed by atoms with Crippen LogP contribution in [0.15, 0.2) is 17.5 Å². The summed E-state index contributed by atoms with van der Waals surface area (Å²) in [6.45, 7) is 6.81. The van der Waals surface area contributed by atoms with E-state index in [-0.39, 0.29) is 11.5 Å². The third-order valence-corrected chi connectivity index (χ3v) is 5.70. The van der Waals surface area contributed by atoms with Gasteiger partial charge in [0.25, 0.3) is 0 Å². The molecule has 0 aromatic carbocycles. The summed E-state index contributed by atoms with van der Waals surface area (Å²) in [5, 5.41) is 5.54. The molecule has 18 heavy (non-hydrogen) atoms. The summed E-state index contributed by atoms with van der Waals surface area (Å²) < 4.78 is 22.8. The lowest BCUT2D eigenvalue weighted by molar-refractivity contribution is 0.418. The lowest BCUT2D eigenvalue weighted by Crippen LogP contribution is -2.27. The van der Waals surface area contributed by atoms with Crippen LogP contribution >= 0.6 is 11.3 Å². The Labute approximate surface area is 115 Å². The Balaban J connectivity index is 2.41. The first-order chi connectivity index (χ1) is 8.46. The summed E-state index contributed by atoms with van der Waals surface area (Å²) in [6.07, 6.45) is 0.685. The highest BCUT2D eigenvalue weighted by atomic mass is 32.2. The Hall–Kier alpha value is -0.390. The van der Waals surface area contributed by atoms with E-state index in [4.69, 9.17) is 0 Å². The second kappa shape index (κ2) is 7.26. The standard InChI is InChI=1S/C13H23NO2S2/c1-4-18(15,16)10-6-8-14-13(11(2)3)12-7-5-9-17-12/h5,7,9,11,13-14H,4,6,8,10H2,1-3H3. The van der Waals surface area contributed by atoms with E-state index in [1.165, 1.54) is 4.88 Å². The van der Waals surface area contributed by atoms with E-state index in [9.17, 15) is 8.42 Å². The van der Waals surface area contributed by atoms with E-state index in [0.29, 0.717) is 18.4 Å². The molecule has 5 heteroatoms. The van der Waals surface area contributed by atoms with E-state index in [2.05, 4.69) is 36.7 Å². The van der Waals surface area contributed by atoms with Crippen LogP contribution in [0, 0.1) is 5.92 Å². The van der Waals surface area contributed by atoms with Crippen LogP contribution in [0.1, 0.15) is 38.1 Å². The topological polar surface area (TPSA) is 46.2 Å². The Morgan fingerprint density at radius 2 is 2.11 bits per heavy atom. The molecule has 0 aliphatic carbocycles. The second-order valence-corrected chi connectivity index (χ2v) is 8.23. The molecule has 0 radical (unpaired) electrons. The molecule has 1 aromatic rings. The van der Waals surface area contributed by atoms with Crippen LogP contribution in [0.4, 0.5) is 0 Å². The molecule has 0 saturated heterocycles. The van der Waals surface area contributed by atoms with Crippen molar-refractivity contribution in [1.82, 2.24) is 5.32 Å². The van der Waals surface area contributed by atoms with Gasteiger partial charge >= 0.3 is 0 Å². The first-order valence-electron chi connectivity index (χ1n) is 6.43. The molecular weight excluding hydrogens is 266 g/mol. The van der Waals surface area contributed by atoms with Crippen LogP contribution in [0.5, 0.6) is 0 Å². The molecule has 1 aromatic heterocycles. The van der Waals surface area contributed by atoms with E-state index >= 15 is 0 Å². The van der Waals surface area contributed by atoms with Gasteiger partial charge in [0.2, 0.25) is 0 Å². The third kappa shape index (κ3) is 5.08. The highest BCUT2D eigenvalue weighted by Crippen LogP contribution is 2.25. The number of hydrogen-bond acceptors (Lipinski definition) is 4. The fourth-order valence-corrected chi connectivity index (χ4v) is 3.67. The first-order valence-corrected chi connectivity index (χ1v) is 9.13. The van der Waals surface area contributed by atoms with Gasteiger partial charge in [0, 0.05) is 16.7 Å². The lowest BCUT2D eigenvalue weighted by Gasteiger charge is -2.21. The van der Waals surface area contributed by atoms with Crippen molar-refractivity contribution in [2.24, 2.45) is 5.92 Å². The maximum Gasteiger partial charge on any atom is 0.150 e. The predicted octanol–water partition coefficient (Wildman–Crippen LogP) is 2.86. The van der Waals surface area contributed by atoms with Gasteiger partial charge in [-0.3, -0.25) is 0 Å². The van der Waals surface area contributed by atoms with Gasteiger partial charge in [-0.15, -0.1) is 11.3 Å². The third-order valence-electron chi connectivity index (χ3n) is 2.95. The minimum absolute atomic E-state index is 0.242. The monoisotopic (exact) mass is 289 g/mol. The van der Waals surface area contributed by atoms with Crippen molar-refractivity contribution >= 4 is 21.2 Å². The van der Waals surface area contributed by atoms with Gasteiger partial charge in [-0.2, -0.15) is 0 Å². The number of sulfone groups is 1. The zero-order valence-corrected chi connectivity index (χ0v) is 13.0. The highest BCUT2D eigenvalue weighted by molar-refractivity contribution is 7.91. The van der Waals surface area contributed by atoms with Crippen molar-refractivity contribution in [1.29, 1.82) is 0 Å². The lowest BCUT2D eigenvalue weighted by atomic mass is 10.0. The Bertz CT molecular complexity index is 424. The number of nitrogens with one attached hydrogen (secondary N) is 1. The summed E-state index contributed by atoms with van der Waals surface area (Å²) in [7, 11) is -2.83. The van der Waals surface area contributed by atoms with Crippen LogP contribution in [-0.4, -0.2) is 26.5 Å². The van der Waals surface area contributed by atoms with Gasteiger partial charge in [-0.1, -0.05) is 26.8 Å². The molecule has 0 fully saturated rings. The molecule has 0 amide bonds. The van der Waals surface area contributed by atoms with Gasteiger partial charge in [-0.05, 0) is 30.3 Å². The van der Waals surface area contributed by atoms with Gasteiger partial charge in [0.1, 0.15) is 9.84 Å². The summed E-state index contributed by atoms with van der Waals surface area (Å²) in [6, 6.07) is 4.51. The van der Waals surface area contributed by atoms with Crippen LogP contribution in [0.25, 0.3) is 0 Å². The molecule has 0 bridgehead atoms. The SMILES string of the molecule is CCS(=O)(=O)CCCNC(c1cccs1)C(C)C. The van der Waals surface area contributed by atoms with Gasteiger partial charge < -0.3 is 5.32 Å². The zero-order chi connectivity index (χ0) is 13.6. The molecule has 1 heterocycles. The van der Waals surface area contributed by atoms with Gasteiger partial charge in [0.15, 0.2) is 0 Å². The van der Waals surface area contributed by atoms with Crippen molar-refractivity contribution < 1.29 is 8.42 Å². The highest BCUT2D eigenvalue weighted by Gasteiger charge is 2.16. The normalized spacial score (nSPS) is 14.0. The summed E-state index contributed by atoms with van der Waals surface area (Å²) >= 11 is 1.75. The molecule has 0 aliphatic rings. The molecular formula is C13H23NO2S2. The summed E-state index contributed by atoms with van der Waals surface area (Å²) in [5.41, 5.74) is 0. The fourth-order valence-electron chi connectivity index (χ4n) is 1.83. The number of rotatable bonds is 8. The molecule has 1 N–H and O–H groups in total. The Morgan fingerprint density at radius 3 is 2.61 bits per heavy atom. The van der Waals surface area contributed by atoms with Crippen LogP contribution in [0.2, 0.25) is 0 Å². The molecule has 104 valence electrons. The van der Waals surface area contributed by atoms with Crippen LogP contribution in [0.3, 0.4) is 0 Å². The molecule has 0 spiro atoms. The Morgan fingerprint density at radius 1 is 1.39 bits per heavy atom. The average Bonchev–Trinajstić information content (AvgIpc) is 2.81. The zero-order valence-electron chi connectivity index (χ0n) is 11.3. The molecule has 0 saturated carbocycles. The minimum Gasteiger partial charge on any atom is -0.309 e. The number of thiophene rings is 1. The van der Waals surface area contributed by atoms with E-state index < -0.39 is 9.84 Å². The quantitative estimate of drug-likeness (QED) is 0.749. The second-order valence-electron chi connectivity index (χ2n) is 4.78. The van der Waals surface area contributed by atoms with Crippen LogP contribution in [-0.2, 0) is 9.84 Å². The molecule has 1 rings (SSSR count). The predicted molar refractivity (Wildman–Crippen MR) is 78.8 cm³/mol. The van der Waals surface area contributed by atoms with Crippen molar-refractivity contribution in [2.45, 2.75) is 33.2 Å². The molecule has 3 nitrogen and oxygen atoms in total. The maximum atomic E-state index is 11.4. The van der Waals surface area contributed by atoms with E-state index in [0.717, 1.165) is 6.54 Å². The van der Waals surface area contributed by atoms with Crippen molar-refractivity contribution in [3.63, 3.8) is 0 Å². The average molecular weight is 289 g/mol. The minimum atomic E-state index is -2.83. The maximum absolute atomic E-state index is 11.4. The summed E-state index contributed by atoms with van der Waals surface area (Å²) in [5.74, 6) is 1.03. The van der Waals surface area contributed by atoms with Gasteiger partial charge in [-0.25, -0.2) is 8.42 Å². The fraction of sp³-hybridized carbons (Fsp3) is 0.692. The van der Waals surface area contributed by atoms with Crippen molar-refractivity contribution in [3.8, 4) is 0 Å². The smallest absolute Gasteiger partial charge is 0.150 e. The van der Waals surface area contributed by atoms with Crippen LogP contribution < -0.4 is 5.32 Å². The first kappa shape index (κ1) is 15.7. The largest absolute Gasteiger partial charge is 0.309 e. The van der Waals surface area contributed by atoms with E-state index in [1.807, 2.05) is 0 Å². The Kier molecular flexibility index (Phi) is 6.32. The molecule has 1 unspecified atom stereocenters. The summed E-state index contributed by atoms with van der Waals surface area (Å²) in [4.78, 5) is 1.32. The molecule has 1 atom stereocenters. The van der Waals surface area contributed by atoms with E-state index in [1.54, 1.807) is 18.3 Å². The molecule has 0 aliphatic heterocycles. The number of hydrogen-bond donors (Lipinski definition) is 1.